The quantitative estimate of drug-likeness (QED) is 0.886. The highest BCUT2D eigenvalue weighted by Crippen LogP contribution is 2.19. The number of aromatic nitrogens is 2. The molecule has 2 atom stereocenters. The molecule has 6 nitrogen and oxygen atoms in total. The van der Waals surface area contributed by atoms with Crippen molar-refractivity contribution in [3.8, 4) is 0 Å². The lowest BCUT2D eigenvalue weighted by molar-refractivity contribution is -0.125. The lowest BCUT2D eigenvalue weighted by atomic mass is 10.2. The van der Waals surface area contributed by atoms with Gasteiger partial charge in [-0.25, -0.2) is 13.8 Å². The van der Waals surface area contributed by atoms with Crippen LogP contribution in [0.3, 0.4) is 0 Å². The van der Waals surface area contributed by atoms with Crippen LogP contribution in [0.15, 0.2) is 12.1 Å². The molecule has 0 unspecified atom stereocenters. The number of hydrogen-bond acceptors (Lipinski definition) is 4. The molecule has 0 aliphatic carbocycles. The maximum Gasteiger partial charge on any atom is 0.237 e. The van der Waals surface area contributed by atoms with E-state index in [2.05, 4.69) is 15.3 Å². The van der Waals surface area contributed by atoms with Crippen LogP contribution in [0, 0.1) is 11.6 Å². The fourth-order valence-electron chi connectivity index (χ4n) is 2.87. The third-order valence-electron chi connectivity index (χ3n) is 4.17. The van der Waals surface area contributed by atoms with Gasteiger partial charge >= 0.3 is 0 Å². The van der Waals surface area contributed by atoms with Gasteiger partial charge in [-0.05, 0) is 25.6 Å². The molecular formula is C15H18F2N4O2. The Hall–Kier alpha value is -2.06. The van der Waals surface area contributed by atoms with Crippen molar-refractivity contribution in [3.05, 3.63) is 29.6 Å². The number of halogens is 2. The minimum absolute atomic E-state index is 0.0408. The van der Waals surface area contributed by atoms with Crippen LogP contribution < -0.4 is 5.32 Å². The molecule has 1 aromatic heterocycles. The molecule has 0 radical (unpaired) electrons. The van der Waals surface area contributed by atoms with Crippen molar-refractivity contribution in [2.24, 2.45) is 0 Å². The van der Waals surface area contributed by atoms with Crippen LogP contribution in [0.25, 0.3) is 11.0 Å². The Morgan fingerprint density at radius 2 is 2.30 bits per heavy atom. The summed E-state index contributed by atoms with van der Waals surface area (Å²) in [4.78, 5) is 21.0. The van der Waals surface area contributed by atoms with E-state index in [1.54, 1.807) is 7.11 Å². The zero-order chi connectivity index (χ0) is 16.6. The molecule has 0 bridgehead atoms. The van der Waals surface area contributed by atoms with E-state index in [4.69, 9.17) is 4.74 Å². The fraction of sp³-hybridized carbons (Fsp3) is 0.467. The Kier molecular flexibility index (Phi) is 4.27. The first kappa shape index (κ1) is 15.8. The predicted molar refractivity (Wildman–Crippen MR) is 79.7 cm³/mol. The molecule has 8 heteroatoms. The van der Waals surface area contributed by atoms with Gasteiger partial charge in [-0.1, -0.05) is 0 Å². The van der Waals surface area contributed by atoms with Crippen molar-refractivity contribution in [1.29, 1.82) is 0 Å². The van der Waals surface area contributed by atoms with Gasteiger partial charge in [0, 0.05) is 13.7 Å². The molecule has 1 aliphatic rings. The second kappa shape index (κ2) is 6.21. The monoisotopic (exact) mass is 324 g/mol. The molecule has 2 heterocycles. The van der Waals surface area contributed by atoms with Crippen molar-refractivity contribution in [1.82, 2.24) is 20.2 Å². The molecule has 124 valence electrons. The molecule has 1 aromatic carbocycles. The number of amides is 1. The Morgan fingerprint density at radius 1 is 1.52 bits per heavy atom. The third-order valence-corrected chi connectivity index (χ3v) is 4.17. The Labute approximate surface area is 131 Å². The number of nitrogens with zero attached hydrogens (tertiary/aromatic N) is 2. The van der Waals surface area contributed by atoms with Gasteiger partial charge in [0.15, 0.2) is 11.6 Å². The number of H-pyrrole nitrogens is 1. The number of aromatic amines is 1. The van der Waals surface area contributed by atoms with E-state index in [9.17, 15) is 13.6 Å². The first-order valence-electron chi connectivity index (χ1n) is 7.33. The highest BCUT2D eigenvalue weighted by atomic mass is 19.2. The number of rotatable bonds is 4. The molecule has 2 N–H and O–H groups in total. The Morgan fingerprint density at radius 3 is 3.00 bits per heavy atom. The van der Waals surface area contributed by atoms with Crippen LogP contribution in [-0.2, 0) is 16.1 Å². The SMILES string of the molecule is CO[C@H]1C[C@@H](C(=O)NCc2nc3c(F)c(F)ccc3[nH]2)N(C)C1. The number of carbonyl (C=O) groups is 1. The van der Waals surface area contributed by atoms with Crippen molar-refractivity contribution in [3.63, 3.8) is 0 Å². The number of hydrogen-bond donors (Lipinski definition) is 2. The summed E-state index contributed by atoms with van der Waals surface area (Å²) in [6.45, 7) is 0.820. The lowest BCUT2D eigenvalue weighted by Crippen LogP contribution is -2.41. The van der Waals surface area contributed by atoms with Gasteiger partial charge in [0.05, 0.1) is 24.2 Å². The molecule has 1 fully saturated rings. The van der Waals surface area contributed by atoms with Gasteiger partial charge in [-0.15, -0.1) is 0 Å². The summed E-state index contributed by atoms with van der Waals surface area (Å²) >= 11 is 0. The molecule has 3 rings (SSSR count). The second-order valence-corrected chi connectivity index (χ2v) is 5.71. The molecule has 0 saturated carbocycles. The average Bonchev–Trinajstić information content (AvgIpc) is 3.12. The minimum Gasteiger partial charge on any atom is -0.380 e. The largest absolute Gasteiger partial charge is 0.380 e. The standard InChI is InChI=1S/C15H18F2N4O2/c1-21-7-8(23-2)5-11(21)15(22)18-6-12-19-10-4-3-9(16)13(17)14(10)20-12/h3-4,8,11H,5-7H2,1-2H3,(H,18,22)(H,19,20)/t8-,11-/m0/s1. The molecule has 1 saturated heterocycles. The van der Waals surface area contributed by atoms with E-state index < -0.39 is 11.6 Å². The van der Waals surface area contributed by atoms with Crippen LogP contribution in [0.1, 0.15) is 12.2 Å². The number of ether oxygens (including phenoxy) is 1. The summed E-state index contributed by atoms with van der Waals surface area (Å²) in [6.07, 6.45) is 0.665. The van der Waals surface area contributed by atoms with E-state index in [-0.39, 0.29) is 30.1 Å². The number of imidazole rings is 1. The maximum absolute atomic E-state index is 13.6. The van der Waals surface area contributed by atoms with Crippen LogP contribution >= 0.6 is 0 Å². The number of fused-ring (bicyclic) bond motifs is 1. The normalized spacial score (nSPS) is 21.9. The predicted octanol–water partition coefficient (Wildman–Crippen LogP) is 1.18. The van der Waals surface area contributed by atoms with Gasteiger partial charge in [-0.2, -0.15) is 0 Å². The van der Waals surface area contributed by atoms with Crippen LogP contribution in [0.4, 0.5) is 8.78 Å². The smallest absolute Gasteiger partial charge is 0.237 e. The summed E-state index contributed by atoms with van der Waals surface area (Å²) < 4.78 is 32.1. The van der Waals surface area contributed by atoms with Gasteiger partial charge in [0.1, 0.15) is 11.3 Å². The molecule has 1 aliphatic heterocycles. The summed E-state index contributed by atoms with van der Waals surface area (Å²) in [6, 6.07) is 2.19. The molecule has 2 aromatic rings. The number of nitrogens with one attached hydrogen (secondary N) is 2. The van der Waals surface area contributed by atoms with Crippen LogP contribution in [0.5, 0.6) is 0 Å². The summed E-state index contributed by atoms with van der Waals surface area (Å²) in [5, 5.41) is 2.76. The number of methoxy groups -OCH3 is 1. The van der Waals surface area contributed by atoms with Crippen molar-refractivity contribution in [2.45, 2.75) is 25.1 Å². The Balaban J connectivity index is 1.66. The topological polar surface area (TPSA) is 70.2 Å². The minimum atomic E-state index is -0.991. The van der Waals surface area contributed by atoms with E-state index in [1.165, 1.54) is 6.07 Å². The summed E-state index contributed by atoms with van der Waals surface area (Å²) in [5.41, 5.74) is 0.331. The number of likely N-dealkylation sites (tertiary alicyclic amines) is 1. The first-order valence-corrected chi connectivity index (χ1v) is 7.33. The molecule has 23 heavy (non-hydrogen) atoms. The summed E-state index contributed by atoms with van der Waals surface area (Å²) in [5.74, 6) is -1.70. The first-order chi connectivity index (χ1) is 11.0. The highest BCUT2D eigenvalue weighted by Gasteiger charge is 2.34. The second-order valence-electron chi connectivity index (χ2n) is 5.71. The van der Waals surface area contributed by atoms with Gasteiger partial charge in [-0.3, -0.25) is 9.69 Å². The lowest BCUT2D eigenvalue weighted by Gasteiger charge is -2.17. The molecule has 0 spiro atoms. The van der Waals surface area contributed by atoms with E-state index >= 15 is 0 Å². The van der Waals surface area contributed by atoms with Gasteiger partial charge in [0.25, 0.3) is 0 Å². The zero-order valence-electron chi connectivity index (χ0n) is 12.9. The Bertz CT molecular complexity index is 734. The number of carbonyl (C=O) groups excluding carboxylic acids is 1. The van der Waals surface area contributed by atoms with Gasteiger partial charge < -0.3 is 15.0 Å². The molecular weight excluding hydrogens is 306 g/mol. The maximum atomic E-state index is 13.6. The van der Waals surface area contributed by atoms with Crippen molar-refractivity contribution in [2.75, 3.05) is 20.7 Å². The van der Waals surface area contributed by atoms with Crippen LogP contribution in [0.2, 0.25) is 0 Å². The van der Waals surface area contributed by atoms with Gasteiger partial charge in [0.2, 0.25) is 5.91 Å². The third kappa shape index (κ3) is 3.04. The van der Waals surface area contributed by atoms with E-state index in [1.807, 2.05) is 11.9 Å². The van der Waals surface area contributed by atoms with E-state index in [0.717, 1.165) is 6.07 Å². The van der Waals surface area contributed by atoms with Crippen molar-refractivity contribution < 1.29 is 18.3 Å². The summed E-state index contributed by atoms with van der Waals surface area (Å²) in [7, 11) is 3.49. The van der Waals surface area contributed by atoms with Crippen molar-refractivity contribution >= 4 is 16.9 Å². The number of benzene rings is 1. The highest BCUT2D eigenvalue weighted by molar-refractivity contribution is 5.82. The van der Waals surface area contributed by atoms with Crippen LogP contribution in [-0.4, -0.2) is 53.6 Å². The van der Waals surface area contributed by atoms with E-state index in [0.29, 0.717) is 24.3 Å². The molecule has 1 amide bonds. The zero-order valence-corrected chi connectivity index (χ0v) is 12.9. The fourth-order valence-corrected chi connectivity index (χ4v) is 2.87. The average molecular weight is 324 g/mol. The number of likely N-dealkylation sites (N-methyl/N-ethyl adjacent to an activating group) is 1.